The topological polar surface area (TPSA) is 76.7 Å². The minimum atomic E-state index is -0.357. The minimum absolute atomic E-state index is 0.116. The fraction of sp³-hybridized carbons (Fsp3) is 0.300. The quantitative estimate of drug-likeness (QED) is 0.761. The van der Waals surface area contributed by atoms with E-state index >= 15 is 0 Å². The average molecular weight is 356 g/mol. The van der Waals surface area contributed by atoms with Crippen LogP contribution in [-0.4, -0.2) is 32.1 Å². The summed E-state index contributed by atoms with van der Waals surface area (Å²) in [5.74, 6) is 0.676. The summed E-state index contributed by atoms with van der Waals surface area (Å²) in [5.41, 5.74) is 1.97. The summed E-state index contributed by atoms with van der Waals surface area (Å²) in [6.45, 7) is 3.59. The molecule has 0 fully saturated rings. The zero-order chi connectivity index (χ0) is 18.9. The van der Waals surface area contributed by atoms with Crippen molar-refractivity contribution < 1.29 is 19.1 Å². The number of carbonyl (C=O) groups is 2. The Bertz CT molecular complexity index is 747. The van der Waals surface area contributed by atoms with Gasteiger partial charge in [0.2, 0.25) is 5.91 Å². The Morgan fingerprint density at radius 3 is 2.50 bits per heavy atom. The van der Waals surface area contributed by atoms with Crippen molar-refractivity contribution in [2.75, 3.05) is 20.3 Å². The van der Waals surface area contributed by atoms with Gasteiger partial charge in [0, 0.05) is 5.56 Å². The third kappa shape index (κ3) is 5.81. The van der Waals surface area contributed by atoms with Gasteiger partial charge in [0.05, 0.1) is 19.7 Å². The molecule has 0 saturated heterocycles. The fourth-order valence-electron chi connectivity index (χ4n) is 2.46. The number of methoxy groups -OCH3 is 1. The molecule has 0 aliphatic rings. The highest BCUT2D eigenvalue weighted by Crippen LogP contribution is 2.25. The maximum atomic E-state index is 12.1. The van der Waals surface area contributed by atoms with E-state index < -0.39 is 0 Å². The Labute approximate surface area is 153 Å². The molecule has 0 saturated carbocycles. The molecule has 1 unspecified atom stereocenters. The Balaban J connectivity index is 1.79. The lowest BCUT2D eigenvalue weighted by atomic mass is 10.0. The standard InChI is InChI=1S/C20H24N2O4/c1-14-9-10-18(25-3)17(11-14)15(2)22-19(23)12-21-20(24)13-26-16-7-5-4-6-8-16/h4-11,15H,12-13H2,1-3H3,(H,21,24)(H,22,23). The molecule has 2 N–H and O–H groups in total. The summed E-state index contributed by atoms with van der Waals surface area (Å²) in [5, 5.41) is 5.40. The van der Waals surface area contributed by atoms with E-state index in [1.165, 1.54) is 0 Å². The van der Waals surface area contributed by atoms with Gasteiger partial charge in [0.15, 0.2) is 6.61 Å². The molecule has 2 aromatic rings. The van der Waals surface area contributed by atoms with E-state index in [4.69, 9.17) is 9.47 Å². The summed E-state index contributed by atoms with van der Waals surface area (Å²) in [7, 11) is 1.59. The predicted octanol–water partition coefficient (Wildman–Crippen LogP) is 2.38. The van der Waals surface area contributed by atoms with Crippen LogP contribution in [0.25, 0.3) is 0 Å². The minimum Gasteiger partial charge on any atom is -0.496 e. The average Bonchev–Trinajstić information content (AvgIpc) is 2.65. The molecule has 0 heterocycles. The molecule has 6 nitrogen and oxygen atoms in total. The molecule has 6 heteroatoms. The van der Waals surface area contributed by atoms with E-state index in [9.17, 15) is 9.59 Å². The largest absolute Gasteiger partial charge is 0.496 e. The summed E-state index contributed by atoms with van der Waals surface area (Å²) in [6, 6.07) is 14.6. The Hall–Kier alpha value is -3.02. The van der Waals surface area contributed by atoms with Gasteiger partial charge in [-0.2, -0.15) is 0 Å². The van der Waals surface area contributed by atoms with Crippen LogP contribution in [-0.2, 0) is 9.59 Å². The van der Waals surface area contributed by atoms with Crippen LogP contribution in [0, 0.1) is 6.92 Å². The van der Waals surface area contributed by atoms with Gasteiger partial charge in [-0.1, -0.05) is 35.9 Å². The first kappa shape index (κ1) is 19.3. The zero-order valence-corrected chi connectivity index (χ0v) is 15.2. The highest BCUT2D eigenvalue weighted by molar-refractivity contribution is 5.85. The summed E-state index contributed by atoms with van der Waals surface area (Å²) < 4.78 is 10.7. The molecule has 2 rings (SSSR count). The van der Waals surface area contributed by atoms with E-state index in [0.29, 0.717) is 11.5 Å². The number of hydrogen-bond acceptors (Lipinski definition) is 4. The van der Waals surface area contributed by atoms with Crippen LogP contribution in [0.2, 0.25) is 0 Å². The molecule has 0 radical (unpaired) electrons. The maximum Gasteiger partial charge on any atom is 0.258 e. The number of rotatable bonds is 8. The normalized spacial score (nSPS) is 11.3. The van der Waals surface area contributed by atoms with E-state index in [0.717, 1.165) is 11.1 Å². The molecular formula is C20H24N2O4. The molecular weight excluding hydrogens is 332 g/mol. The number of para-hydroxylation sites is 1. The second-order valence-corrected chi connectivity index (χ2v) is 5.91. The lowest BCUT2D eigenvalue weighted by molar-refractivity contribution is -0.127. The molecule has 2 amide bonds. The summed E-state index contributed by atoms with van der Waals surface area (Å²) in [4.78, 5) is 23.9. The van der Waals surface area contributed by atoms with Crippen molar-refractivity contribution in [3.8, 4) is 11.5 Å². The third-order valence-electron chi connectivity index (χ3n) is 3.79. The first-order valence-electron chi connectivity index (χ1n) is 8.38. The Morgan fingerprint density at radius 2 is 1.81 bits per heavy atom. The number of benzene rings is 2. The van der Waals surface area contributed by atoms with Crippen LogP contribution < -0.4 is 20.1 Å². The van der Waals surface area contributed by atoms with Gasteiger partial charge in [0.1, 0.15) is 11.5 Å². The summed E-state index contributed by atoms with van der Waals surface area (Å²) in [6.07, 6.45) is 0. The SMILES string of the molecule is COc1ccc(C)cc1C(C)NC(=O)CNC(=O)COc1ccccc1. The van der Waals surface area contributed by atoms with Gasteiger partial charge in [-0.25, -0.2) is 0 Å². The van der Waals surface area contributed by atoms with Gasteiger partial charge in [-0.15, -0.1) is 0 Å². The van der Waals surface area contributed by atoms with Crippen LogP contribution in [0.3, 0.4) is 0 Å². The highest BCUT2D eigenvalue weighted by Gasteiger charge is 2.15. The van der Waals surface area contributed by atoms with Crippen molar-refractivity contribution in [3.63, 3.8) is 0 Å². The van der Waals surface area contributed by atoms with Crippen LogP contribution in [0.4, 0.5) is 0 Å². The fourth-order valence-corrected chi connectivity index (χ4v) is 2.46. The van der Waals surface area contributed by atoms with Crippen molar-refractivity contribution in [1.82, 2.24) is 10.6 Å². The van der Waals surface area contributed by atoms with Crippen molar-refractivity contribution >= 4 is 11.8 Å². The predicted molar refractivity (Wildman–Crippen MR) is 99.2 cm³/mol. The Morgan fingerprint density at radius 1 is 1.08 bits per heavy atom. The van der Waals surface area contributed by atoms with Crippen molar-refractivity contribution in [3.05, 3.63) is 59.7 Å². The second-order valence-electron chi connectivity index (χ2n) is 5.91. The lowest BCUT2D eigenvalue weighted by Crippen LogP contribution is -2.39. The second kappa shape index (κ2) is 9.46. The smallest absolute Gasteiger partial charge is 0.258 e. The lowest BCUT2D eigenvalue weighted by Gasteiger charge is -2.18. The van der Waals surface area contributed by atoms with Gasteiger partial charge >= 0.3 is 0 Å². The van der Waals surface area contributed by atoms with E-state index in [-0.39, 0.29) is 31.0 Å². The molecule has 0 bridgehead atoms. The van der Waals surface area contributed by atoms with E-state index in [1.54, 1.807) is 19.2 Å². The Kier molecular flexibility index (Phi) is 7.02. The number of carbonyl (C=O) groups excluding carboxylic acids is 2. The molecule has 0 aliphatic heterocycles. The van der Waals surface area contributed by atoms with Crippen LogP contribution >= 0.6 is 0 Å². The molecule has 2 aromatic carbocycles. The molecule has 26 heavy (non-hydrogen) atoms. The first-order chi connectivity index (χ1) is 12.5. The molecule has 1 atom stereocenters. The van der Waals surface area contributed by atoms with E-state index in [1.807, 2.05) is 50.2 Å². The third-order valence-corrected chi connectivity index (χ3v) is 3.79. The van der Waals surface area contributed by atoms with Gasteiger partial charge in [-0.3, -0.25) is 9.59 Å². The van der Waals surface area contributed by atoms with Crippen molar-refractivity contribution in [2.45, 2.75) is 19.9 Å². The van der Waals surface area contributed by atoms with Gasteiger partial charge in [0.25, 0.3) is 5.91 Å². The number of amides is 2. The number of aryl methyl sites for hydroxylation is 1. The van der Waals surface area contributed by atoms with Gasteiger partial charge in [-0.05, 0) is 32.0 Å². The van der Waals surface area contributed by atoms with Crippen LogP contribution in [0.5, 0.6) is 11.5 Å². The monoisotopic (exact) mass is 356 g/mol. The number of hydrogen-bond donors (Lipinski definition) is 2. The molecule has 0 spiro atoms. The first-order valence-corrected chi connectivity index (χ1v) is 8.38. The number of nitrogens with one attached hydrogen (secondary N) is 2. The zero-order valence-electron chi connectivity index (χ0n) is 15.2. The van der Waals surface area contributed by atoms with Crippen molar-refractivity contribution in [1.29, 1.82) is 0 Å². The molecule has 138 valence electrons. The molecule has 0 aliphatic carbocycles. The number of ether oxygens (including phenoxy) is 2. The molecule has 0 aromatic heterocycles. The summed E-state index contributed by atoms with van der Waals surface area (Å²) >= 11 is 0. The van der Waals surface area contributed by atoms with E-state index in [2.05, 4.69) is 10.6 Å². The highest BCUT2D eigenvalue weighted by atomic mass is 16.5. The van der Waals surface area contributed by atoms with Crippen LogP contribution in [0.15, 0.2) is 48.5 Å². The maximum absolute atomic E-state index is 12.1. The van der Waals surface area contributed by atoms with Crippen LogP contribution in [0.1, 0.15) is 24.1 Å². The van der Waals surface area contributed by atoms with Crippen molar-refractivity contribution in [2.24, 2.45) is 0 Å². The van der Waals surface area contributed by atoms with Gasteiger partial charge < -0.3 is 20.1 Å².